The molecule has 0 unspecified atom stereocenters. The zero-order valence-corrected chi connectivity index (χ0v) is 30.7. The van der Waals surface area contributed by atoms with E-state index in [4.69, 9.17) is 23.7 Å². The zero-order valence-electron chi connectivity index (χ0n) is 26.2. The van der Waals surface area contributed by atoms with Gasteiger partial charge < -0.3 is 23.7 Å². The highest BCUT2D eigenvalue weighted by Gasteiger charge is 2.35. The zero-order chi connectivity index (χ0) is 33.8. The van der Waals surface area contributed by atoms with Crippen molar-refractivity contribution in [3.05, 3.63) is 110 Å². The van der Waals surface area contributed by atoms with Crippen molar-refractivity contribution in [2.75, 3.05) is 27.4 Å². The summed E-state index contributed by atoms with van der Waals surface area (Å²) in [7, 11) is 3.04. The molecular weight excluding hydrogens is 806 g/mol. The fourth-order valence-electron chi connectivity index (χ4n) is 5.15. The molecule has 47 heavy (non-hydrogen) atoms. The number of aromatic nitrogens is 1. The van der Waals surface area contributed by atoms with Crippen LogP contribution in [0.2, 0.25) is 0 Å². The van der Waals surface area contributed by atoms with E-state index in [9.17, 15) is 14.0 Å². The van der Waals surface area contributed by atoms with Gasteiger partial charge in [-0.3, -0.25) is 9.36 Å². The lowest BCUT2D eigenvalue weighted by molar-refractivity contribution is -0.139. The van der Waals surface area contributed by atoms with Gasteiger partial charge in [0, 0.05) is 10.0 Å². The molecule has 1 aromatic heterocycles. The third kappa shape index (κ3) is 7.11. The number of nitrogens with zero attached hydrogens (tertiary/aromatic N) is 2. The minimum atomic E-state index is -0.866. The van der Waals surface area contributed by atoms with Gasteiger partial charge in [-0.1, -0.05) is 45.5 Å². The van der Waals surface area contributed by atoms with E-state index < -0.39 is 12.0 Å². The van der Waals surface area contributed by atoms with Crippen LogP contribution in [-0.2, 0) is 16.1 Å². The highest BCUT2D eigenvalue weighted by molar-refractivity contribution is 14.1. The Morgan fingerprint density at radius 2 is 1.81 bits per heavy atom. The second-order valence-corrected chi connectivity index (χ2v) is 13.2. The van der Waals surface area contributed by atoms with Crippen molar-refractivity contribution < 1.29 is 32.9 Å². The third-order valence-corrected chi connectivity index (χ3v) is 9.74. The number of allylic oxidation sites excluding steroid dienone is 1. The lowest BCUT2D eigenvalue weighted by atomic mass is 9.95. The molecule has 0 N–H and O–H groups in total. The van der Waals surface area contributed by atoms with Crippen LogP contribution in [-0.4, -0.2) is 38.0 Å². The summed E-state index contributed by atoms with van der Waals surface area (Å²) in [6.45, 7) is 5.91. The van der Waals surface area contributed by atoms with Gasteiger partial charge in [-0.15, -0.1) is 0 Å². The predicted molar refractivity (Wildman–Crippen MR) is 189 cm³/mol. The molecule has 0 saturated carbocycles. The molecule has 4 aromatic rings. The minimum Gasteiger partial charge on any atom is -0.493 e. The fraction of sp³-hybridized carbons (Fsp3) is 0.265. The molecule has 0 fully saturated rings. The number of rotatable bonds is 11. The molecular formula is C34H31BrFIN2O7S. The van der Waals surface area contributed by atoms with Crippen LogP contribution in [0.5, 0.6) is 23.0 Å². The van der Waals surface area contributed by atoms with Crippen LogP contribution in [0.1, 0.15) is 43.5 Å². The Kier molecular flexibility index (Phi) is 11.1. The Bertz CT molecular complexity index is 2060. The summed E-state index contributed by atoms with van der Waals surface area (Å²) in [6, 6.07) is 12.6. The van der Waals surface area contributed by atoms with E-state index in [2.05, 4.69) is 43.5 Å². The smallest absolute Gasteiger partial charge is 0.338 e. The average Bonchev–Trinajstić information content (AvgIpc) is 3.34. The molecule has 0 bridgehead atoms. The molecule has 0 amide bonds. The van der Waals surface area contributed by atoms with E-state index in [-0.39, 0.29) is 30.2 Å². The number of benzene rings is 3. The van der Waals surface area contributed by atoms with Crippen LogP contribution in [0.3, 0.4) is 0 Å². The van der Waals surface area contributed by atoms with E-state index in [1.807, 2.05) is 13.0 Å². The van der Waals surface area contributed by atoms with Crippen molar-refractivity contribution in [3.8, 4) is 23.0 Å². The van der Waals surface area contributed by atoms with Gasteiger partial charge in [0.15, 0.2) is 27.8 Å². The van der Waals surface area contributed by atoms with Crippen molar-refractivity contribution in [1.82, 2.24) is 4.57 Å². The van der Waals surface area contributed by atoms with Gasteiger partial charge in [0.25, 0.3) is 5.56 Å². The van der Waals surface area contributed by atoms with E-state index in [1.54, 1.807) is 56.3 Å². The van der Waals surface area contributed by atoms with Crippen molar-refractivity contribution in [2.45, 2.75) is 33.4 Å². The first-order valence-electron chi connectivity index (χ1n) is 14.5. The largest absolute Gasteiger partial charge is 0.493 e. The highest BCUT2D eigenvalue weighted by Crippen LogP contribution is 2.41. The van der Waals surface area contributed by atoms with Crippen LogP contribution in [0.15, 0.2) is 74.1 Å². The summed E-state index contributed by atoms with van der Waals surface area (Å²) in [6.07, 6.45) is 1.74. The maximum absolute atomic E-state index is 14.2. The number of fused-ring (bicyclic) bond motifs is 1. The normalized spacial score (nSPS) is 14.4. The predicted octanol–water partition coefficient (Wildman–Crippen LogP) is 6.30. The summed E-state index contributed by atoms with van der Waals surface area (Å²) >= 11 is 6.96. The highest BCUT2D eigenvalue weighted by atomic mass is 127. The molecule has 1 atom stereocenters. The monoisotopic (exact) mass is 836 g/mol. The average molecular weight is 838 g/mol. The number of carbonyl (C=O) groups is 1. The topological polar surface area (TPSA) is 97.6 Å². The van der Waals surface area contributed by atoms with Crippen LogP contribution in [0.25, 0.3) is 6.08 Å². The maximum Gasteiger partial charge on any atom is 0.338 e. The Balaban J connectivity index is 1.63. The molecule has 13 heteroatoms. The minimum absolute atomic E-state index is 0.0189. The Labute approximate surface area is 296 Å². The van der Waals surface area contributed by atoms with Crippen LogP contribution >= 0.6 is 49.9 Å². The Morgan fingerprint density at radius 3 is 2.49 bits per heavy atom. The summed E-state index contributed by atoms with van der Waals surface area (Å²) < 4.78 is 45.8. The van der Waals surface area contributed by atoms with Gasteiger partial charge >= 0.3 is 5.97 Å². The number of thiazole rings is 1. The first-order chi connectivity index (χ1) is 22.6. The van der Waals surface area contributed by atoms with Gasteiger partial charge in [0.05, 0.1) is 52.8 Å². The lowest BCUT2D eigenvalue weighted by Gasteiger charge is -2.26. The summed E-state index contributed by atoms with van der Waals surface area (Å²) in [5.74, 6) is 0.919. The molecule has 0 spiro atoms. The second-order valence-electron chi connectivity index (χ2n) is 10.2. The number of carbonyl (C=O) groups excluding carboxylic acids is 1. The molecule has 5 rings (SSSR count). The quantitative estimate of drug-likeness (QED) is 0.129. The van der Waals surface area contributed by atoms with E-state index in [0.29, 0.717) is 69.4 Å². The molecule has 0 radical (unpaired) electrons. The van der Waals surface area contributed by atoms with Gasteiger partial charge in [-0.2, -0.15) is 0 Å². The Morgan fingerprint density at radius 1 is 1.06 bits per heavy atom. The van der Waals surface area contributed by atoms with Crippen molar-refractivity contribution in [2.24, 2.45) is 4.99 Å². The second kappa shape index (κ2) is 15.0. The molecule has 1 aliphatic rings. The molecule has 0 aliphatic carbocycles. The summed E-state index contributed by atoms with van der Waals surface area (Å²) in [5, 5.41) is 0. The lowest BCUT2D eigenvalue weighted by Crippen LogP contribution is -2.40. The first kappa shape index (κ1) is 34.6. The molecule has 2 heterocycles. The van der Waals surface area contributed by atoms with Gasteiger partial charge in [0.2, 0.25) is 0 Å². The SMILES string of the molecule is CCOC(=O)C1=C(C)N=c2s/c(=C/c3cc(I)c(OCc4ccccc4F)c(OC)c3)c(=O)n2[C@H]1c1cc(OC)c(OCC)cc1Br. The molecule has 1 aliphatic heterocycles. The number of ether oxygens (including phenoxy) is 5. The first-order valence-corrected chi connectivity index (χ1v) is 17.2. The maximum atomic E-state index is 14.2. The molecule has 9 nitrogen and oxygen atoms in total. The standard InChI is InChI=1S/C34H31BrFIN2O7S/c1-6-44-26-16-22(35)21(15-25(26)42-4)30-29(33(41)45-7-2)18(3)38-34-39(30)32(40)28(47-34)14-19-12-24(37)31(27(13-19)43-5)46-17-20-10-8-9-11-23(20)36/h8-16,30H,6-7,17H2,1-5H3/b28-14+/t30-/m0/s1. The Hall–Kier alpha value is -3.69. The van der Waals surface area contributed by atoms with E-state index >= 15 is 0 Å². The number of esters is 1. The van der Waals surface area contributed by atoms with Gasteiger partial charge in [-0.25, -0.2) is 14.2 Å². The summed E-state index contributed by atoms with van der Waals surface area (Å²) in [4.78, 5) is 32.7. The van der Waals surface area contributed by atoms with Crippen LogP contribution in [0, 0.1) is 9.39 Å². The number of methoxy groups -OCH3 is 2. The number of halogens is 3. The number of hydrogen-bond donors (Lipinski definition) is 0. The van der Waals surface area contributed by atoms with E-state index in [0.717, 1.165) is 0 Å². The van der Waals surface area contributed by atoms with E-state index in [1.165, 1.54) is 36.2 Å². The van der Waals surface area contributed by atoms with Crippen molar-refractivity contribution in [3.63, 3.8) is 0 Å². The van der Waals surface area contributed by atoms with Crippen LogP contribution in [0.4, 0.5) is 4.39 Å². The van der Waals surface area contributed by atoms with Crippen LogP contribution < -0.4 is 33.8 Å². The van der Waals surface area contributed by atoms with Gasteiger partial charge in [0.1, 0.15) is 12.4 Å². The van der Waals surface area contributed by atoms with Crippen molar-refractivity contribution >= 4 is 61.9 Å². The number of hydrogen-bond acceptors (Lipinski definition) is 9. The van der Waals surface area contributed by atoms with Crippen molar-refractivity contribution in [1.29, 1.82) is 0 Å². The van der Waals surface area contributed by atoms with Gasteiger partial charge in [-0.05, 0) is 90.9 Å². The third-order valence-electron chi connectivity index (χ3n) is 7.27. The fourth-order valence-corrected chi connectivity index (χ4v) is 7.52. The molecule has 0 saturated heterocycles. The summed E-state index contributed by atoms with van der Waals surface area (Å²) in [5.41, 5.74) is 2.03. The molecule has 3 aromatic carbocycles. The molecule has 246 valence electrons.